The SMILES string of the molecule is COc1cc2c(cc1OC)[C@H](c1cccc(Cl)c1)N(Cc1cccs1)CC2. The third-order valence-corrected chi connectivity index (χ3v) is 6.17. The van der Waals surface area contributed by atoms with Gasteiger partial charge in [0, 0.05) is 23.0 Å². The fraction of sp³-hybridized carbons (Fsp3) is 0.273. The second kappa shape index (κ2) is 7.93. The number of thiophene rings is 1. The summed E-state index contributed by atoms with van der Waals surface area (Å²) in [6, 6.07) is 16.9. The van der Waals surface area contributed by atoms with Crippen molar-refractivity contribution in [3.8, 4) is 11.5 Å². The first-order chi connectivity index (χ1) is 13.2. The number of methoxy groups -OCH3 is 2. The van der Waals surface area contributed by atoms with Crippen molar-refractivity contribution in [3.05, 3.63) is 80.5 Å². The van der Waals surface area contributed by atoms with Gasteiger partial charge in [0.25, 0.3) is 0 Å². The van der Waals surface area contributed by atoms with Gasteiger partial charge in [-0.1, -0.05) is 29.8 Å². The van der Waals surface area contributed by atoms with Crippen LogP contribution in [0.5, 0.6) is 11.5 Å². The summed E-state index contributed by atoms with van der Waals surface area (Å²) < 4.78 is 11.1. The van der Waals surface area contributed by atoms with Gasteiger partial charge in [0.05, 0.1) is 20.3 Å². The molecule has 1 aliphatic heterocycles. The van der Waals surface area contributed by atoms with Crippen LogP contribution in [0.4, 0.5) is 0 Å². The van der Waals surface area contributed by atoms with E-state index in [1.165, 1.54) is 21.6 Å². The fourth-order valence-electron chi connectivity index (χ4n) is 3.84. The molecule has 0 aliphatic carbocycles. The minimum absolute atomic E-state index is 0.134. The summed E-state index contributed by atoms with van der Waals surface area (Å²) in [5.74, 6) is 1.55. The summed E-state index contributed by atoms with van der Waals surface area (Å²) in [4.78, 5) is 3.89. The van der Waals surface area contributed by atoms with Crippen molar-refractivity contribution in [3.63, 3.8) is 0 Å². The summed E-state index contributed by atoms with van der Waals surface area (Å²) in [6.07, 6.45) is 0.984. The molecule has 0 spiro atoms. The molecule has 3 aromatic rings. The summed E-state index contributed by atoms with van der Waals surface area (Å²) in [7, 11) is 3.37. The molecule has 0 bridgehead atoms. The molecular weight excluding hydrogens is 378 g/mol. The molecule has 1 aliphatic rings. The van der Waals surface area contributed by atoms with Crippen molar-refractivity contribution in [1.82, 2.24) is 4.90 Å². The summed E-state index contributed by atoms with van der Waals surface area (Å²) in [6.45, 7) is 1.90. The van der Waals surface area contributed by atoms with Crippen molar-refractivity contribution < 1.29 is 9.47 Å². The standard InChI is InChI=1S/C22H22ClNO2S/c1-25-20-12-15-8-9-24(14-18-7-4-10-27-18)22(19(15)13-21(20)26-2)16-5-3-6-17(23)11-16/h3-7,10-13,22H,8-9,14H2,1-2H3/t22-/m0/s1. The van der Waals surface area contributed by atoms with Crippen LogP contribution in [0.1, 0.15) is 27.6 Å². The lowest BCUT2D eigenvalue weighted by Gasteiger charge is -2.38. The van der Waals surface area contributed by atoms with Gasteiger partial charge >= 0.3 is 0 Å². The summed E-state index contributed by atoms with van der Waals surface area (Å²) in [5.41, 5.74) is 3.77. The van der Waals surface area contributed by atoms with Gasteiger partial charge in [-0.3, -0.25) is 4.90 Å². The Morgan fingerprint density at radius 2 is 1.89 bits per heavy atom. The van der Waals surface area contributed by atoms with E-state index in [1.54, 1.807) is 25.6 Å². The third-order valence-electron chi connectivity index (χ3n) is 5.08. The number of ether oxygens (including phenoxy) is 2. The molecule has 4 rings (SSSR count). The van der Waals surface area contributed by atoms with Crippen LogP contribution in [-0.2, 0) is 13.0 Å². The van der Waals surface area contributed by atoms with Crippen LogP contribution in [0.2, 0.25) is 5.02 Å². The van der Waals surface area contributed by atoms with Gasteiger partial charge < -0.3 is 9.47 Å². The van der Waals surface area contributed by atoms with Crippen molar-refractivity contribution in [2.45, 2.75) is 19.0 Å². The molecule has 3 nitrogen and oxygen atoms in total. The maximum Gasteiger partial charge on any atom is 0.161 e. The second-order valence-corrected chi connectivity index (χ2v) is 8.13. The van der Waals surface area contributed by atoms with Crippen molar-refractivity contribution >= 4 is 22.9 Å². The van der Waals surface area contributed by atoms with Crippen LogP contribution in [0.3, 0.4) is 0 Å². The minimum Gasteiger partial charge on any atom is -0.493 e. The van der Waals surface area contributed by atoms with E-state index in [-0.39, 0.29) is 6.04 Å². The van der Waals surface area contributed by atoms with Crippen molar-refractivity contribution in [2.75, 3.05) is 20.8 Å². The van der Waals surface area contributed by atoms with Gasteiger partial charge in [-0.25, -0.2) is 0 Å². The average molecular weight is 400 g/mol. The van der Waals surface area contributed by atoms with Crippen molar-refractivity contribution in [2.24, 2.45) is 0 Å². The Morgan fingerprint density at radius 1 is 1.07 bits per heavy atom. The maximum atomic E-state index is 6.33. The monoisotopic (exact) mass is 399 g/mol. The zero-order chi connectivity index (χ0) is 18.8. The number of halogens is 1. The molecule has 0 unspecified atom stereocenters. The van der Waals surface area contributed by atoms with Crippen molar-refractivity contribution in [1.29, 1.82) is 0 Å². The predicted octanol–water partition coefficient (Wildman–Crippen LogP) is 5.57. The Kier molecular flexibility index (Phi) is 5.39. The molecule has 0 radical (unpaired) electrons. The number of rotatable bonds is 5. The Hall–Kier alpha value is -2.01. The van der Waals surface area contributed by atoms with Gasteiger partial charge in [-0.2, -0.15) is 0 Å². The topological polar surface area (TPSA) is 21.7 Å². The Labute approximate surface area is 169 Å². The summed E-state index contributed by atoms with van der Waals surface area (Å²) in [5, 5.41) is 2.89. The lowest BCUT2D eigenvalue weighted by molar-refractivity contribution is 0.205. The van der Waals surface area contributed by atoms with Crippen LogP contribution >= 0.6 is 22.9 Å². The van der Waals surface area contributed by atoms with Crippen LogP contribution in [0.25, 0.3) is 0 Å². The number of hydrogen-bond donors (Lipinski definition) is 0. The Balaban J connectivity index is 1.82. The lowest BCUT2D eigenvalue weighted by Crippen LogP contribution is -2.35. The molecule has 1 atom stereocenters. The highest BCUT2D eigenvalue weighted by Gasteiger charge is 2.30. The molecular formula is C22H22ClNO2S. The minimum atomic E-state index is 0.134. The van der Waals surface area contributed by atoms with E-state index in [0.717, 1.165) is 36.0 Å². The molecule has 0 fully saturated rings. The van der Waals surface area contributed by atoms with E-state index in [1.807, 2.05) is 12.1 Å². The number of fused-ring (bicyclic) bond motifs is 1. The highest BCUT2D eigenvalue weighted by molar-refractivity contribution is 7.09. The quantitative estimate of drug-likeness (QED) is 0.560. The van der Waals surface area contributed by atoms with E-state index < -0.39 is 0 Å². The van der Waals surface area contributed by atoms with E-state index in [4.69, 9.17) is 21.1 Å². The second-order valence-electron chi connectivity index (χ2n) is 6.66. The van der Waals surface area contributed by atoms with Gasteiger partial charge in [0.1, 0.15) is 0 Å². The molecule has 27 heavy (non-hydrogen) atoms. The normalized spacial score (nSPS) is 16.8. The van der Waals surface area contributed by atoms with Gasteiger partial charge in [-0.05, 0) is 58.8 Å². The first-order valence-corrected chi connectivity index (χ1v) is 10.2. The molecule has 0 N–H and O–H groups in total. The van der Waals surface area contributed by atoms with Gasteiger partial charge in [0.2, 0.25) is 0 Å². The fourth-order valence-corrected chi connectivity index (χ4v) is 4.77. The molecule has 0 saturated heterocycles. The molecule has 0 saturated carbocycles. The predicted molar refractivity (Wildman–Crippen MR) is 111 cm³/mol. The third kappa shape index (κ3) is 3.70. The first kappa shape index (κ1) is 18.4. The lowest BCUT2D eigenvalue weighted by atomic mass is 9.87. The zero-order valence-corrected chi connectivity index (χ0v) is 17.0. The highest BCUT2D eigenvalue weighted by Crippen LogP contribution is 2.42. The Morgan fingerprint density at radius 3 is 2.59 bits per heavy atom. The van der Waals surface area contributed by atoms with E-state index in [9.17, 15) is 0 Å². The van der Waals surface area contributed by atoms with Crippen LogP contribution in [-0.4, -0.2) is 25.7 Å². The molecule has 0 amide bonds. The van der Waals surface area contributed by atoms with E-state index >= 15 is 0 Å². The number of nitrogens with zero attached hydrogens (tertiary/aromatic N) is 1. The molecule has 140 valence electrons. The van der Waals surface area contributed by atoms with Gasteiger partial charge in [0.15, 0.2) is 11.5 Å². The smallest absolute Gasteiger partial charge is 0.161 e. The van der Waals surface area contributed by atoms with E-state index in [0.29, 0.717) is 0 Å². The van der Waals surface area contributed by atoms with Crippen LogP contribution < -0.4 is 9.47 Å². The van der Waals surface area contributed by atoms with Crippen LogP contribution in [0.15, 0.2) is 53.9 Å². The average Bonchev–Trinajstić information content (AvgIpc) is 3.19. The largest absolute Gasteiger partial charge is 0.493 e. The number of benzene rings is 2. The van der Waals surface area contributed by atoms with Crippen LogP contribution in [0, 0.1) is 0 Å². The molecule has 5 heteroatoms. The van der Waals surface area contributed by atoms with Gasteiger partial charge in [-0.15, -0.1) is 11.3 Å². The van der Waals surface area contributed by atoms with E-state index in [2.05, 4.69) is 46.7 Å². The zero-order valence-electron chi connectivity index (χ0n) is 15.4. The molecule has 1 aromatic heterocycles. The number of hydrogen-bond acceptors (Lipinski definition) is 4. The molecule has 2 aromatic carbocycles. The highest BCUT2D eigenvalue weighted by atomic mass is 35.5. The first-order valence-electron chi connectivity index (χ1n) is 8.96. The summed E-state index contributed by atoms with van der Waals surface area (Å²) >= 11 is 8.13. The Bertz CT molecular complexity index is 926. The molecule has 2 heterocycles. The maximum absolute atomic E-state index is 6.33.